The summed E-state index contributed by atoms with van der Waals surface area (Å²) in [5.74, 6) is -2.88. The first-order chi connectivity index (χ1) is 6.38. The van der Waals surface area contributed by atoms with Gasteiger partial charge in [-0.05, 0) is 13.1 Å². The Kier molecular flexibility index (Phi) is 4.52. The minimum Gasteiger partial charge on any atom is -0.481 e. The third kappa shape index (κ3) is 2.68. The maximum atomic E-state index is 10.8. The number of carbonyl (C=O) groups is 2. The van der Waals surface area contributed by atoms with Crippen LogP contribution in [0.15, 0.2) is 0 Å². The molecule has 6 heteroatoms. The van der Waals surface area contributed by atoms with E-state index in [0.29, 0.717) is 0 Å². The van der Waals surface area contributed by atoms with Crippen molar-refractivity contribution >= 4 is 11.9 Å². The number of aliphatic hydroxyl groups is 1. The number of likely N-dealkylation sites (N-methyl/N-ethyl adjacent to an activating group) is 1. The summed E-state index contributed by atoms with van der Waals surface area (Å²) < 4.78 is 0. The first kappa shape index (κ1) is 12.9. The molecule has 0 aromatic carbocycles. The van der Waals surface area contributed by atoms with E-state index in [1.165, 1.54) is 4.90 Å². The van der Waals surface area contributed by atoms with Crippen LogP contribution in [0.5, 0.6) is 0 Å². The monoisotopic (exact) mass is 205 g/mol. The van der Waals surface area contributed by atoms with Crippen LogP contribution in [0.25, 0.3) is 0 Å². The van der Waals surface area contributed by atoms with E-state index in [9.17, 15) is 14.7 Å². The molecule has 82 valence electrons. The smallest absolute Gasteiger partial charge is 0.352 e. The van der Waals surface area contributed by atoms with E-state index in [2.05, 4.69) is 0 Å². The van der Waals surface area contributed by atoms with Crippen molar-refractivity contribution in [1.29, 1.82) is 0 Å². The number of carboxylic acids is 2. The van der Waals surface area contributed by atoms with E-state index < -0.39 is 24.1 Å². The molecule has 0 bridgehead atoms. The maximum Gasteiger partial charge on any atom is 0.352 e. The summed E-state index contributed by atoms with van der Waals surface area (Å²) in [4.78, 5) is 22.4. The number of nitrogens with zero attached hydrogens (tertiary/aromatic N) is 1. The van der Waals surface area contributed by atoms with E-state index in [0.717, 1.165) is 0 Å². The lowest BCUT2D eigenvalue weighted by atomic mass is 10.1. The molecule has 0 aliphatic heterocycles. The fourth-order valence-electron chi connectivity index (χ4n) is 1.28. The first-order valence-corrected chi connectivity index (χ1v) is 4.31. The topological polar surface area (TPSA) is 98.1 Å². The zero-order chi connectivity index (χ0) is 11.4. The van der Waals surface area contributed by atoms with Crippen LogP contribution in [0.1, 0.15) is 20.3 Å². The zero-order valence-corrected chi connectivity index (χ0v) is 8.23. The number of hydrogen-bond acceptors (Lipinski definition) is 4. The van der Waals surface area contributed by atoms with E-state index in [-0.39, 0.29) is 13.1 Å². The van der Waals surface area contributed by atoms with Gasteiger partial charge in [-0.25, -0.2) is 4.79 Å². The quantitative estimate of drug-likeness (QED) is 0.509. The Morgan fingerprint density at radius 1 is 1.21 bits per heavy atom. The standard InChI is InChI=1S/C8H15NO5/c1-3-9(4-2)8(14,7(12)13)5-6(10)11/h14H,3-5H2,1-2H3,(H,10,11)(H,12,13). The van der Waals surface area contributed by atoms with Gasteiger partial charge in [-0.15, -0.1) is 0 Å². The molecular formula is C8H15NO5. The van der Waals surface area contributed by atoms with Gasteiger partial charge in [0.1, 0.15) is 0 Å². The molecule has 0 aromatic heterocycles. The third-order valence-corrected chi connectivity index (χ3v) is 2.03. The molecular weight excluding hydrogens is 190 g/mol. The van der Waals surface area contributed by atoms with Crippen LogP contribution in [0.3, 0.4) is 0 Å². The first-order valence-electron chi connectivity index (χ1n) is 4.31. The fourth-order valence-corrected chi connectivity index (χ4v) is 1.28. The van der Waals surface area contributed by atoms with Crippen LogP contribution in [-0.2, 0) is 9.59 Å². The van der Waals surface area contributed by atoms with Crippen LogP contribution < -0.4 is 0 Å². The van der Waals surface area contributed by atoms with E-state index in [1.807, 2.05) is 0 Å². The van der Waals surface area contributed by atoms with Gasteiger partial charge in [-0.1, -0.05) is 13.8 Å². The molecule has 0 heterocycles. The Labute approximate surface area is 81.8 Å². The van der Waals surface area contributed by atoms with Gasteiger partial charge >= 0.3 is 11.9 Å². The Hall–Kier alpha value is -1.14. The number of aliphatic carboxylic acids is 2. The lowest BCUT2D eigenvalue weighted by Gasteiger charge is -2.33. The molecule has 0 fully saturated rings. The number of carboxylic acid groups (broad SMARTS) is 2. The molecule has 3 N–H and O–H groups in total. The van der Waals surface area contributed by atoms with Gasteiger partial charge < -0.3 is 15.3 Å². The van der Waals surface area contributed by atoms with Crippen molar-refractivity contribution in [2.24, 2.45) is 0 Å². The third-order valence-electron chi connectivity index (χ3n) is 2.03. The van der Waals surface area contributed by atoms with Crippen LogP contribution in [0, 0.1) is 0 Å². The Bertz CT molecular complexity index is 226. The summed E-state index contributed by atoms with van der Waals surface area (Å²) in [6, 6.07) is 0. The van der Waals surface area contributed by atoms with Crippen LogP contribution >= 0.6 is 0 Å². The molecule has 0 spiro atoms. The molecule has 0 amide bonds. The summed E-state index contributed by atoms with van der Waals surface area (Å²) in [6.45, 7) is 3.84. The molecule has 14 heavy (non-hydrogen) atoms. The zero-order valence-electron chi connectivity index (χ0n) is 8.23. The average molecular weight is 205 g/mol. The molecule has 1 unspecified atom stereocenters. The summed E-state index contributed by atoms with van der Waals surface area (Å²) >= 11 is 0. The van der Waals surface area contributed by atoms with Crippen molar-refractivity contribution in [2.45, 2.75) is 26.0 Å². The molecule has 0 rings (SSSR count). The van der Waals surface area contributed by atoms with Crippen LogP contribution in [0.2, 0.25) is 0 Å². The summed E-state index contributed by atoms with van der Waals surface area (Å²) in [7, 11) is 0. The highest BCUT2D eigenvalue weighted by Crippen LogP contribution is 2.16. The second kappa shape index (κ2) is 4.92. The normalized spacial score (nSPS) is 15.1. The van der Waals surface area contributed by atoms with Gasteiger partial charge in [0, 0.05) is 0 Å². The van der Waals surface area contributed by atoms with Crippen molar-refractivity contribution in [2.75, 3.05) is 13.1 Å². The van der Waals surface area contributed by atoms with Crippen molar-refractivity contribution in [3.63, 3.8) is 0 Å². The minimum atomic E-state index is -2.31. The van der Waals surface area contributed by atoms with E-state index in [1.54, 1.807) is 13.8 Å². The second-order valence-corrected chi connectivity index (χ2v) is 2.86. The average Bonchev–Trinajstić information content (AvgIpc) is 2.04. The van der Waals surface area contributed by atoms with Gasteiger partial charge in [-0.3, -0.25) is 9.69 Å². The van der Waals surface area contributed by atoms with Gasteiger partial charge in [-0.2, -0.15) is 0 Å². The van der Waals surface area contributed by atoms with Crippen LogP contribution in [0.4, 0.5) is 0 Å². The molecule has 0 aliphatic carbocycles. The van der Waals surface area contributed by atoms with Gasteiger partial charge in [0.05, 0.1) is 6.42 Å². The van der Waals surface area contributed by atoms with Crippen LogP contribution in [-0.4, -0.2) is 51.0 Å². The van der Waals surface area contributed by atoms with Crippen molar-refractivity contribution in [1.82, 2.24) is 4.90 Å². The summed E-state index contributed by atoms with van der Waals surface area (Å²) in [6.07, 6.45) is -0.829. The second-order valence-electron chi connectivity index (χ2n) is 2.86. The van der Waals surface area contributed by atoms with Crippen molar-refractivity contribution < 1.29 is 24.9 Å². The predicted octanol–water partition coefficient (Wildman–Crippen LogP) is -0.424. The van der Waals surface area contributed by atoms with Gasteiger partial charge in [0.15, 0.2) is 0 Å². The molecule has 0 saturated carbocycles. The Morgan fingerprint density at radius 3 is 1.86 bits per heavy atom. The van der Waals surface area contributed by atoms with Gasteiger partial charge in [0.25, 0.3) is 0 Å². The highest BCUT2D eigenvalue weighted by atomic mass is 16.4. The van der Waals surface area contributed by atoms with Gasteiger partial charge in [0.2, 0.25) is 5.72 Å². The van der Waals surface area contributed by atoms with Crippen molar-refractivity contribution in [3.05, 3.63) is 0 Å². The van der Waals surface area contributed by atoms with E-state index >= 15 is 0 Å². The minimum absolute atomic E-state index is 0.270. The lowest BCUT2D eigenvalue weighted by Crippen LogP contribution is -2.55. The molecule has 0 aromatic rings. The Morgan fingerprint density at radius 2 is 1.64 bits per heavy atom. The lowest BCUT2D eigenvalue weighted by molar-refractivity contribution is -0.188. The Balaban J connectivity index is 4.86. The number of hydrogen-bond donors (Lipinski definition) is 3. The summed E-state index contributed by atoms with van der Waals surface area (Å²) in [5.41, 5.74) is -2.31. The summed E-state index contributed by atoms with van der Waals surface area (Å²) in [5, 5.41) is 26.9. The molecule has 0 aliphatic rings. The maximum absolute atomic E-state index is 10.8. The van der Waals surface area contributed by atoms with E-state index in [4.69, 9.17) is 10.2 Å². The number of rotatable bonds is 6. The largest absolute Gasteiger partial charge is 0.481 e. The molecule has 0 radical (unpaired) electrons. The molecule has 0 saturated heterocycles. The highest BCUT2D eigenvalue weighted by Gasteiger charge is 2.43. The SMILES string of the molecule is CCN(CC)C(O)(CC(=O)O)C(=O)O. The van der Waals surface area contributed by atoms with Crippen molar-refractivity contribution in [3.8, 4) is 0 Å². The molecule has 6 nitrogen and oxygen atoms in total. The molecule has 1 atom stereocenters. The highest BCUT2D eigenvalue weighted by molar-refractivity contribution is 5.83. The predicted molar refractivity (Wildman–Crippen MR) is 47.8 cm³/mol. The fraction of sp³-hybridized carbons (Fsp3) is 0.750.